The number of ether oxygens (including phenoxy) is 1. The lowest BCUT2D eigenvalue weighted by molar-refractivity contribution is -0.384. The van der Waals surface area contributed by atoms with Gasteiger partial charge in [0, 0.05) is 35.8 Å². The lowest BCUT2D eigenvalue weighted by Gasteiger charge is -2.30. The Labute approximate surface area is 203 Å². The Balaban J connectivity index is 1.89. The van der Waals surface area contributed by atoms with Gasteiger partial charge in [-0.25, -0.2) is 0 Å². The minimum Gasteiger partial charge on any atom is -0.496 e. The number of fused-ring (bicyclic) bond motifs is 1. The van der Waals surface area contributed by atoms with Crippen molar-refractivity contribution in [3.8, 4) is 5.75 Å². The SMILES string of the molecule is COc1ccccc1C(=O)CC(O)(c1cn(Cc2ccccc2)c2cc([N+](=O)[O-])ccc12)C(F)(F)F. The fraction of sp³-hybridized carbons (Fsp3) is 0.192. The highest BCUT2D eigenvalue weighted by Crippen LogP contribution is 2.46. The van der Waals surface area contributed by atoms with Crippen molar-refractivity contribution >= 4 is 22.4 Å². The second-order valence-corrected chi connectivity index (χ2v) is 8.27. The first-order valence-corrected chi connectivity index (χ1v) is 10.8. The standard InChI is InChI=1S/C26H21F3N2O5/c1-36-24-10-6-5-9-20(24)23(32)14-25(33,26(27,28)29)21-16-30(15-17-7-3-2-4-8-17)22-13-18(31(34)35)11-12-19(21)22/h2-13,16,33H,14-15H2,1H3. The lowest BCUT2D eigenvalue weighted by Crippen LogP contribution is -2.44. The molecule has 0 aliphatic heterocycles. The average Bonchev–Trinajstić information content (AvgIpc) is 3.21. The van der Waals surface area contributed by atoms with E-state index in [-0.39, 0.29) is 34.4 Å². The molecular formula is C26H21F3N2O5. The minimum absolute atomic E-state index is 0.0517. The van der Waals surface area contributed by atoms with Crippen molar-refractivity contribution < 1.29 is 32.7 Å². The van der Waals surface area contributed by atoms with Crippen LogP contribution in [0.25, 0.3) is 10.9 Å². The molecule has 0 amide bonds. The van der Waals surface area contributed by atoms with Gasteiger partial charge in [0.1, 0.15) is 5.75 Å². The van der Waals surface area contributed by atoms with Gasteiger partial charge in [-0.2, -0.15) is 13.2 Å². The predicted molar refractivity (Wildman–Crippen MR) is 126 cm³/mol. The molecule has 0 bridgehead atoms. The first kappa shape index (κ1) is 24.9. The molecule has 7 nitrogen and oxygen atoms in total. The molecule has 1 aromatic heterocycles. The number of rotatable bonds is 8. The summed E-state index contributed by atoms with van der Waals surface area (Å²) in [5.74, 6) is -0.896. The zero-order valence-corrected chi connectivity index (χ0v) is 19.0. The van der Waals surface area contributed by atoms with Gasteiger partial charge in [-0.05, 0) is 23.8 Å². The van der Waals surface area contributed by atoms with Crippen molar-refractivity contribution in [1.82, 2.24) is 4.57 Å². The van der Waals surface area contributed by atoms with Crippen LogP contribution >= 0.6 is 0 Å². The van der Waals surface area contributed by atoms with Gasteiger partial charge in [-0.15, -0.1) is 0 Å². The zero-order chi connectivity index (χ0) is 26.1. The molecule has 0 saturated carbocycles. The Bertz CT molecular complexity index is 1430. The summed E-state index contributed by atoms with van der Waals surface area (Å²) in [6.07, 6.45) is -5.44. The summed E-state index contributed by atoms with van der Waals surface area (Å²) in [6, 6.07) is 18.0. The van der Waals surface area contributed by atoms with Crippen molar-refractivity contribution in [3.63, 3.8) is 0 Å². The molecule has 1 N–H and O–H groups in total. The van der Waals surface area contributed by atoms with E-state index in [1.54, 1.807) is 36.4 Å². The number of aliphatic hydroxyl groups is 1. The van der Waals surface area contributed by atoms with Crippen LogP contribution in [0.2, 0.25) is 0 Å². The van der Waals surface area contributed by atoms with Crippen LogP contribution in [-0.2, 0) is 12.1 Å². The molecule has 186 valence electrons. The molecule has 0 spiro atoms. The van der Waals surface area contributed by atoms with Crippen LogP contribution in [-0.4, -0.2) is 33.7 Å². The van der Waals surface area contributed by atoms with Crippen LogP contribution in [0.3, 0.4) is 0 Å². The number of non-ortho nitro benzene ring substituents is 1. The Hall–Kier alpha value is -4.18. The van der Waals surface area contributed by atoms with Crippen LogP contribution in [0.15, 0.2) is 79.0 Å². The van der Waals surface area contributed by atoms with Crippen molar-refractivity contribution in [2.24, 2.45) is 0 Å². The highest BCUT2D eigenvalue weighted by atomic mass is 19.4. The summed E-state index contributed by atoms with van der Waals surface area (Å²) in [4.78, 5) is 23.7. The number of alkyl halides is 3. The number of carbonyl (C=O) groups excluding carboxylic acids is 1. The van der Waals surface area contributed by atoms with Crippen LogP contribution in [0.5, 0.6) is 5.75 Å². The quantitative estimate of drug-likeness (QED) is 0.193. The van der Waals surface area contributed by atoms with Gasteiger partial charge in [0.15, 0.2) is 11.4 Å². The van der Waals surface area contributed by atoms with E-state index in [1.807, 2.05) is 0 Å². The average molecular weight is 498 g/mol. The zero-order valence-electron chi connectivity index (χ0n) is 19.0. The Morgan fingerprint density at radius 2 is 1.72 bits per heavy atom. The molecule has 0 aliphatic carbocycles. The maximum Gasteiger partial charge on any atom is 0.421 e. The maximum atomic E-state index is 14.5. The minimum atomic E-state index is -5.24. The van der Waals surface area contributed by atoms with Gasteiger partial charge in [-0.1, -0.05) is 42.5 Å². The number of nitro benzene ring substituents is 1. The second kappa shape index (κ2) is 9.46. The first-order chi connectivity index (χ1) is 17.0. The number of para-hydroxylation sites is 1. The Morgan fingerprint density at radius 1 is 1.06 bits per heavy atom. The summed E-state index contributed by atoms with van der Waals surface area (Å²) >= 11 is 0. The van der Waals surface area contributed by atoms with E-state index in [4.69, 9.17) is 4.74 Å². The second-order valence-electron chi connectivity index (χ2n) is 8.27. The highest BCUT2D eigenvalue weighted by molar-refractivity contribution is 6.00. The molecule has 1 unspecified atom stereocenters. The summed E-state index contributed by atoms with van der Waals surface area (Å²) in [5.41, 5.74) is -3.71. The van der Waals surface area contributed by atoms with Crippen molar-refractivity contribution in [2.45, 2.75) is 24.7 Å². The van der Waals surface area contributed by atoms with Crippen LogP contribution in [0.4, 0.5) is 18.9 Å². The molecule has 0 radical (unpaired) electrons. The molecule has 4 aromatic rings. The number of halogens is 3. The normalized spacial score (nSPS) is 13.4. The van der Waals surface area contributed by atoms with Crippen LogP contribution in [0.1, 0.15) is 27.9 Å². The summed E-state index contributed by atoms with van der Waals surface area (Å²) in [7, 11) is 1.28. The molecule has 0 fully saturated rings. The van der Waals surface area contributed by atoms with Gasteiger partial charge in [0.2, 0.25) is 0 Å². The van der Waals surface area contributed by atoms with Gasteiger partial charge < -0.3 is 14.4 Å². The van der Waals surface area contributed by atoms with E-state index < -0.39 is 34.5 Å². The number of aromatic nitrogens is 1. The number of methoxy groups -OCH3 is 1. The number of carbonyl (C=O) groups is 1. The van der Waals surface area contributed by atoms with Gasteiger partial charge in [0.05, 0.1) is 29.5 Å². The topological polar surface area (TPSA) is 94.6 Å². The Morgan fingerprint density at radius 3 is 2.36 bits per heavy atom. The smallest absolute Gasteiger partial charge is 0.421 e. The molecule has 3 aromatic carbocycles. The van der Waals surface area contributed by atoms with Gasteiger partial charge in [-0.3, -0.25) is 14.9 Å². The largest absolute Gasteiger partial charge is 0.496 e. The number of hydrogen-bond donors (Lipinski definition) is 1. The fourth-order valence-corrected chi connectivity index (χ4v) is 4.19. The fourth-order valence-electron chi connectivity index (χ4n) is 4.19. The molecule has 36 heavy (non-hydrogen) atoms. The third-order valence-electron chi connectivity index (χ3n) is 6.01. The maximum absolute atomic E-state index is 14.5. The number of nitro groups is 1. The molecule has 0 aliphatic rings. The van der Waals surface area contributed by atoms with Crippen molar-refractivity contribution in [2.75, 3.05) is 7.11 Å². The molecule has 0 saturated heterocycles. The van der Waals surface area contributed by atoms with E-state index in [0.29, 0.717) is 0 Å². The van der Waals surface area contributed by atoms with Crippen LogP contribution in [0, 0.1) is 10.1 Å². The molecule has 1 atom stereocenters. The van der Waals surface area contributed by atoms with Gasteiger partial charge in [0.25, 0.3) is 5.69 Å². The number of nitrogens with zero attached hydrogens (tertiary/aromatic N) is 2. The number of ketones is 1. The van der Waals surface area contributed by atoms with E-state index in [9.17, 15) is 33.2 Å². The summed E-state index contributed by atoms with van der Waals surface area (Å²) < 4.78 is 49.9. The molecule has 10 heteroatoms. The molecular weight excluding hydrogens is 477 g/mol. The summed E-state index contributed by atoms with van der Waals surface area (Å²) in [5, 5.41) is 22.4. The van der Waals surface area contributed by atoms with Crippen molar-refractivity contribution in [3.05, 3.63) is 106 Å². The van der Waals surface area contributed by atoms with E-state index in [2.05, 4.69) is 0 Å². The third kappa shape index (κ3) is 4.55. The first-order valence-electron chi connectivity index (χ1n) is 10.8. The summed E-state index contributed by atoms with van der Waals surface area (Å²) in [6.45, 7) is 0.0902. The lowest BCUT2D eigenvalue weighted by atomic mass is 9.86. The number of hydrogen-bond acceptors (Lipinski definition) is 5. The van der Waals surface area contributed by atoms with E-state index in [1.165, 1.54) is 29.9 Å². The van der Waals surface area contributed by atoms with Gasteiger partial charge >= 0.3 is 6.18 Å². The highest BCUT2D eigenvalue weighted by Gasteiger charge is 2.57. The van der Waals surface area contributed by atoms with E-state index in [0.717, 1.165) is 30.0 Å². The van der Waals surface area contributed by atoms with Crippen molar-refractivity contribution in [1.29, 1.82) is 0 Å². The number of Topliss-reactive ketones (excluding diaryl/α,β-unsaturated/α-hetero) is 1. The van der Waals surface area contributed by atoms with Crippen LogP contribution < -0.4 is 4.74 Å². The van der Waals surface area contributed by atoms with E-state index >= 15 is 0 Å². The Kier molecular flexibility index (Phi) is 6.55. The molecule has 1 heterocycles. The number of benzene rings is 3. The third-order valence-corrected chi connectivity index (χ3v) is 6.01. The molecule has 4 rings (SSSR count). The predicted octanol–water partition coefficient (Wildman–Crippen LogP) is 5.63. The monoisotopic (exact) mass is 498 g/mol.